The first-order chi connectivity index (χ1) is 12.3. The third-order valence-corrected chi connectivity index (χ3v) is 4.87. The van der Waals surface area contributed by atoms with E-state index in [0.717, 1.165) is 4.47 Å². The van der Waals surface area contributed by atoms with Gasteiger partial charge in [0, 0.05) is 4.47 Å². The number of halogens is 1. The Labute approximate surface area is 156 Å². The van der Waals surface area contributed by atoms with Gasteiger partial charge >= 0.3 is 0 Å². The zero-order valence-electron chi connectivity index (χ0n) is 13.7. The number of fused-ring (bicyclic) bond motifs is 1. The summed E-state index contributed by atoms with van der Waals surface area (Å²) in [6.45, 7) is 0. The molecular weight excluding hydrogens is 368 g/mol. The number of rotatable bonds is 3. The minimum Gasteiger partial charge on any atom is -0.0622 e. The van der Waals surface area contributed by atoms with Crippen molar-refractivity contribution in [1.82, 2.24) is 0 Å². The quantitative estimate of drug-likeness (QED) is 0.327. The molecular formula is C24H17Br. The molecule has 0 nitrogen and oxygen atoms in total. The Balaban J connectivity index is 1.96. The molecule has 0 N–H and O–H groups in total. The lowest BCUT2D eigenvalue weighted by atomic mass is 9.92. The van der Waals surface area contributed by atoms with Gasteiger partial charge in [0.25, 0.3) is 0 Å². The van der Waals surface area contributed by atoms with Crippen molar-refractivity contribution in [2.75, 3.05) is 0 Å². The van der Waals surface area contributed by atoms with Crippen LogP contribution >= 0.6 is 15.9 Å². The molecule has 0 spiro atoms. The van der Waals surface area contributed by atoms with Crippen molar-refractivity contribution >= 4 is 38.4 Å². The fourth-order valence-electron chi connectivity index (χ4n) is 3.12. The van der Waals surface area contributed by atoms with E-state index in [-0.39, 0.29) is 0 Å². The van der Waals surface area contributed by atoms with Crippen molar-refractivity contribution < 1.29 is 0 Å². The van der Waals surface area contributed by atoms with E-state index in [2.05, 4.69) is 119 Å². The summed E-state index contributed by atoms with van der Waals surface area (Å²) in [5, 5.41) is 2.54. The zero-order chi connectivity index (χ0) is 17.1. The van der Waals surface area contributed by atoms with Crippen molar-refractivity contribution in [3.05, 3.63) is 118 Å². The maximum absolute atomic E-state index is 3.51. The first-order valence-corrected chi connectivity index (χ1v) is 9.11. The predicted molar refractivity (Wildman–Crippen MR) is 112 cm³/mol. The van der Waals surface area contributed by atoms with Gasteiger partial charge in [-0.1, -0.05) is 101 Å². The summed E-state index contributed by atoms with van der Waals surface area (Å²) in [6, 6.07) is 34.1. The minimum atomic E-state index is 1.09. The van der Waals surface area contributed by atoms with Crippen LogP contribution in [0, 0.1) is 0 Å². The van der Waals surface area contributed by atoms with Crippen LogP contribution in [-0.4, -0.2) is 0 Å². The molecule has 4 aromatic carbocycles. The van der Waals surface area contributed by atoms with Crippen LogP contribution in [-0.2, 0) is 0 Å². The number of hydrogen-bond acceptors (Lipinski definition) is 0. The molecule has 1 heteroatoms. The van der Waals surface area contributed by atoms with E-state index in [1.54, 1.807) is 0 Å². The summed E-state index contributed by atoms with van der Waals surface area (Å²) in [5.41, 5.74) is 4.91. The van der Waals surface area contributed by atoms with E-state index in [9.17, 15) is 0 Å². The molecule has 120 valence electrons. The van der Waals surface area contributed by atoms with Gasteiger partial charge in [-0.3, -0.25) is 0 Å². The van der Waals surface area contributed by atoms with Gasteiger partial charge < -0.3 is 0 Å². The fraction of sp³-hybridized carbons (Fsp3) is 0. The first kappa shape index (κ1) is 15.9. The highest BCUT2D eigenvalue weighted by Crippen LogP contribution is 2.31. The SMILES string of the molecule is Brc1ccc(/C=C(/c2ccccc2)c2cccc3ccccc23)cc1. The van der Waals surface area contributed by atoms with Gasteiger partial charge in [0.1, 0.15) is 0 Å². The Morgan fingerprint density at radius 1 is 0.640 bits per heavy atom. The third kappa shape index (κ3) is 3.42. The molecule has 0 bridgehead atoms. The van der Waals surface area contributed by atoms with Crippen molar-refractivity contribution in [2.45, 2.75) is 0 Å². The van der Waals surface area contributed by atoms with E-state index >= 15 is 0 Å². The standard InChI is InChI=1S/C24H17Br/c25-21-15-13-18(14-16-21)17-24(20-7-2-1-3-8-20)23-12-6-10-19-9-4-5-11-22(19)23/h1-17H/b24-17-. The van der Waals surface area contributed by atoms with Gasteiger partial charge in [-0.25, -0.2) is 0 Å². The molecule has 4 rings (SSSR count). The van der Waals surface area contributed by atoms with E-state index in [4.69, 9.17) is 0 Å². The average Bonchev–Trinajstić information content (AvgIpc) is 2.68. The lowest BCUT2D eigenvalue weighted by Crippen LogP contribution is -1.90. The monoisotopic (exact) mass is 384 g/mol. The molecule has 4 aromatic rings. The molecule has 0 heterocycles. The largest absolute Gasteiger partial charge is 0.0622 e. The van der Waals surface area contributed by atoms with E-state index in [1.807, 2.05) is 0 Å². The summed E-state index contributed by atoms with van der Waals surface area (Å²) in [4.78, 5) is 0. The van der Waals surface area contributed by atoms with Gasteiger partial charge in [-0.2, -0.15) is 0 Å². The summed E-state index contributed by atoms with van der Waals surface area (Å²) < 4.78 is 1.09. The topological polar surface area (TPSA) is 0 Å². The number of benzene rings is 4. The zero-order valence-corrected chi connectivity index (χ0v) is 15.3. The molecule has 0 amide bonds. The Bertz CT molecular complexity index is 1020. The highest BCUT2D eigenvalue weighted by atomic mass is 79.9. The smallest absolute Gasteiger partial charge is 0.0175 e. The molecule has 0 aliphatic rings. The second-order valence-electron chi connectivity index (χ2n) is 6.00. The van der Waals surface area contributed by atoms with Crippen LogP contribution in [0.5, 0.6) is 0 Å². The molecule has 0 unspecified atom stereocenters. The minimum absolute atomic E-state index is 1.09. The van der Waals surface area contributed by atoms with Crippen LogP contribution in [0.25, 0.3) is 22.4 Å². The highest BCUT2D eigenvalue weighted by Gasteiger charge is 2.09. The van der Waals surface area contributed by atoms with Crippen molar-refractivity contribution in [3.63, 3.8) is 0 Å². The first-order valence-electron chi connectivity index (χ1n) is 8.32. The molecule has 25 heavy (non-hydrogen) atoms. The van der Waals surface area contributed by atoms with Crippen LogP contribution in [0.1, 0.15) is 16.7 Å². The Morgan fingerprint density at radius 2 is 1.32 bits per heavy atom. The molecule has 0 saturated carbocycles. The van der Waals surface area contributed by atoms with Gasteiger partial charge in [-0.15, -0.1) is 0 Å². The third-order valence-electron chi connectivity index (χ3n) is 4.35. The van der Waals surface area contributed by atoms with Gasteiger partial charge in [-0.05, 0) is 51.2 Å². The molecule has 0 fully saturated rings. The van der Waals surface area contributed by atoms with Crippen molar-refractivity contribution in [1.29, 1.82) is 0 Å². The molecule has 0 aromatic heterocycles. The van der Waals surface area contributed by atoms with Crippen LogP contribution in [0.3, 0.4) is 0 Å². The fourth-order valence-corrected chi connectivity index (χ4v) is 3.38. The number of hydrogen-bond donors (Lipinski definition) is 0. The van der Waals surface area contributed by atoms with E-state index in [0.29, 0.717) is 0 Å². The van der Waals surface area contributed by atoms with Gasteiger partial charge in [0.15, 0.2) is 0 Å². The van der Waals surface area contributed by atoms with Crippen molar-refractivity contribution in [2.24, 2.45) is 0 Å². The van der Waals surface area contributed by atoms with Crippen LogP contribution < -0.4 is 0 Å². The van der Waals surface area contributed by atoms with Crippen molar-refractivity contribution in [3.8, 4) is 0 Å². The van der Waals surface area contributed by atoms with Crippen LogP contribution in [0.4, 0.5) is 0 Å². The van der Waals surface area contributed by atoms with E-state index in [1.165, 1.54) is 33.0 Å². The van der Waals surface area contributed by atoms with Gasteiger partial charge in [0.05, 0.1) is 0 Å². The summed E-state index contributed by atoms with van der Waals surface area (Å²) in [5.74, 6) is 0. The highest BCUT2D eigenvalue weighted by molar-refractivity contribution is 9.10. The lowest BCUT2D eigenvalue weighted by molar-refractivity contribution is 1.57. The summed E-state index contributed by atoms with van der Waals surface area (Å²) in [6.07, 6.45) is 2.27. The Hall–Kier alpha value is -2.64. The second-order valence-corrected chi connectivity index (χ2v) is 6.92. The molecule has 0 saturated heterocycles. The lowest BCUT2D eigenvalue weighted by Gasteiger charge is -2.12. The Morgan fingerprint density at radius 3 is 2.12 bits per heavy atom. The Kier molecular flexibility index (Phi) is 4.49. The second kappa shape index (κ2) is 7.08. The predicted octanol–water partition coefficient (Wildman–Crippen LogP) is 7.19. The van der Waals surface area contributed by atoms with Crippen LogP contribution in [0.15, 0.2) is 102 Å². The molecule has 0 aliphatic heterocycles. The van der Waals surface area contributed by atoms with E-state index < -0.39 is 0 Å². The molecule has 0 atom stereocenters. The van der Waals surface area contributed by atoms with Gasteiger partial charge in [0.2, 0.25) is 0 Å². The average molecular weight is 385 g/mol. The molecule has 0 radical (unpaired) electrons. The maximum Gasteiger partial charge on any atom is 0.0175 e. The summed E-state index contributed by atoms with van der Waals surface area (Å²) >= 11 is 3.51. The normalized spacial score (nSPS) is 11.6. The summed E-state index contributed by atoms with van der Waals surface area (Å²) in [7, 11) is 0. The maximum atomic E-state index is 3.51. The molecule has 0 aliphatic carbocycles. The van der Waals surface area contributed by atoms with Crippen LogP contribution in [0.2, 0.25) is 0 Å².